The van der Waals surface area contributed by atoms with E-state index in [0.29, 0.717) is 22.3 Å². The molecule has 4 rings (SSSR count). The Balaban J connectivity index is 1.82. The summed E-state index contributed by atoms with van der Waals surface area (Å²) in [4.78, 5) is 32.2. The Morgan fingerprint density at radius 2 is 2.00 bits per heavy atom. The second-order valence-electron chi connectivity index (χ2n) is 6.14. The summed E-state index contributed by atoms with van der Waals surface area (Å²) < 4.78 is 0. The minimum atomic E-state index is -0.307. The summed E-state index contributed by atoms with van der Waals surface area (Å²) in [5.74, 6) is 0.547. The summed E-state index contributed by atoms with van der Waals surface area (Å²) in [6, 6.07) is 14.1. The smallest absolute Gasteiger partial charge is 0.257 e. The number of rotatable bonds is 4. The van der Waals surface area contributed by atoms with E-state index in [2.05, 4.69) is 21.9 Å². The van der Waals surface area contributed by atoms with E-state index >= 15 is 0 Å². The van der Waals surface area contributed by atoms with Crippen LogP contribution in [0.4, 0.5) is 5.82 Å². The normalized spacial score (nSPS) is 16.2. The molecule has 0 saturated carbocycles. The molecule has 1 amide bonds. The van der Waals surface area contributed by atoms with E-state index < -0.39 is 0 Å². The van der Waals surface area contributed by atoms with Crippen molar-refractivity contribution in [1.29, 1.82) is 0 Å². The van der Waals surface area contributed by atoms with Crippen molar-refractivity contribution in [2.75, 3.05) is 11.1 Å². The van der Waals surface area contributed by atoms with Crippen LogP contribution in [0.15, 0.2) is 65.1 Å². The highest BCUT2D eigenvalue weighted by atomic mass is 32.2. The van der Waals surface area contributed by atoms with Gasteiger partial charge in [-0.2, -0.15) is 0 Å². The van der Waals surface area contributed by atoms with Gasteiger partial charge in [0, 0.05) is 18.1 Å². The molecular weight excluding hydrogens is 346 g/mol. The molecule has 1 aliphatic rings. The van der Waals surface area contributed by atoms with Gasteiger partial charge in [-0.05, 0) is 16.3 Å². The Labute approximate surface area is 154 Å². The molecule has 5 nitrogen and oxygen atoms in total. The van der Waals surface area contributed by atoms with Gasteiger partial charge in [-0.25, -0.2) is 4.98 Å². The van der Waals surface area contributed by atoms with Crippen LogP contribution >= 0.6 is 11.8 Å². The fourth-order valence-corrected chi connectivity index (χ4v) is 3.86. The molecule has 0 fully saturated rings. The molecule has 1 aromatic heterocycles. The van der Waals surface area contributed by atoms with E-state index in [1.54, 1.807) is 6.08 Å². The third-order valence-corrected chi connectivity index (χ3v) is 5.31. The summed E-state index contributed by atoms with van der Waals surface area (Å²) >= 11 is 1.37. The van der Waals surface area contributed by atoms with Crippen LogP contribution in [-0.4, -0.2) is 21.6 Å². The summed E-state index contributed by atoms with van der Waals surface area (Å²) in [5.41, 5.74) is 1.25. The van der Waals surface area contributed by atoms with Crippen LogP contribution in [0.1, 0.15) is 23.5 Å². The lowest BCUT2D eigenvalue weighted by molar-refractivity contribution is -0.116. The first-order valence-electron chi connectivity index (χ1n) is 8.32. The van der Waals surface area contributed by atoms with Crippen molar-refractivity contribution >= 4 is 34.3 Å². The topological polar surface area (TPSA) is 74.8 Å². The van der Waals surface area contributed by atoms with Gasteiger partial charge in [-0.1, -0.05) is 60.3 Å². The molecule has 0 saturated heterocycles. The summed E-state index contributed by atoms with van der Waals surface area (Å²) in [5, 5.41) is 5.43. The van der Waals surface area contributed by atoms with Gasteiger partial charge in [0.2, 0.25) is 5.91 Å². The molecule has 2 N–H and O–H groups in total. The predicted molar refractivity (Wildman–Crippen MR) is 105 cm³/mol. The molecule has 26 heavy (non-hydrogen) atoms. The van der Waals surface area contributed by atoms with Gasteiger partial charge in [0.1, 0.15) is 5.82 Å². The van der Waals surface area contributed by atoms with Gasteiger partial charge in [0.15, 0.2) is 5.16 Å². The van der Waals surface area contributed by atoms with Gasteiger partial charge < -0.3 is 10.3 Å². The van der Waals surface area contributed by atoms with Crippen molar-refractivity contribution in [2.24, 2.45) is 0 Å². The highest BCUT2D eigenvalue weighted by Gasteiger charge is 2.31. The second kappa shape index (κ2) is 6.80. The Morgan fingerprint density at radius 3 is 2.81 bits per heavy atom. The van der Waals surface area contributed by atoms with Crippen LogP contribution in [0.25, 0.3) is 10.8 Å². The minimum absolute atomic E-state index is 0.131. The average Bonchev–Trinajstić information content (AvgIpc) is 2.65. The first-order chi connectivity index (χ1) is 12.7. The van der Waals surface area contributed by atoms with Crippen molar-refractivity contribution in [3.8, 4) is 0 Å². The number of amides is 1. The molecule has 0 unspecified atom stereocenters. The maximum atomic E-state index is 12.7. The van der Waals surface area contributed by atoms with E-state index in [1.165, 1.54) is 11.8 Å². The molecule has 0 spiro atoms. The lowest BCUT2D eigenvalue weighted by Crippen LogP contribution is -2.31. The number of H-pyrrole nitrogens is 1. The first kappa shape index (κ1) is 16.6. The van der Waals surface area contributed by atoms with Gasteiger partial charge in [0.25, 0.3) is 5.56 Å². The molecule has 130 valence electrons. The standard InChI is InChI=1S/C20H17N3O2S/c1-2-9-26-20-22-18-17(19(25)23-20)15(11-16(24)21-18)14-8-7-12-5-3-4-6-13(12)10-14/h2-8,10,15H,1,9,11H2,(H2,21,22,23,24,25)/t15-/m1/s1. The summed E-state index contributed by atoms with van der Waals surface area (Å²) in [6.45, 7) is 3.66. The highest BCUT2D eigenvalue weighted by molar-refractivity contribution is 7.99. The summed E-state index contributed by atoms with van der Waals surface area (Å²) in [7, 11) is 0. The average molecular weight is 363 g/mol. The molecule has 2 heterocycles. The van der Waals surface area contributed by atoms with E-state index in [4.69, 9.17) is 0 Å². The second-order valence-corrected chi connectivity index (χ2v) is 7.15. The molecule has 0 aliphatic carbocycles. The molecule has 0 radical (unpaired) electrons. The molecular formula is C20H17N3O2S. The molecule has 1 atom stereocenters. The molecule has 3 aromatic rings. The largest absolute Gasteiger partial charge is 0.310 e. The van der Waals surface area contributed by atoms with Crippen molar-refractivity contribution in [1.82, 2.24) is 9.97 Å². The fraction of sp³-hybridized carbons (Fsp3) is 0.150. The maximum Gasteiger partial charge on any atom is 0.257 e. The van der Waals surface area contributed by atoms with Crippen molar-refractivity contribution < 1.29 is 4.79 Å². The van der Waals surface area contributed by atoms with Crippen LogP contribution in [0, 0.1) is 0 Å². The van der Waals surface area contributed by atoms with Gasteiger partial charge in [-0.15, -0.1) is 6.58 Å². The van der Waals surface area contributed by atoms with E-state index in [9.17, 15) is 9.59 Å². The van der Waals surface area contributed by atoms with Crippen LogP contribution in [0.5, 0.6) is 0 Å². The van der Waals surface area contributed by atoms with E-state index in [0.717, 1.165) is 16.3 Å². The Kier molecular flexibility index (Phi) is 4.34. The Bertz CT molecular complexity index is 1070. The molecule has 1 aliphatic heterocycles. The number of carbonyl (C=O) groups excluding carboxylic acids is 1. The minimum Gasteiger partial charge on any atom is -0.310 e. The van der Waals surface area contributed by atoms with E-state index in [1.807, 2.05) is 42.5 Å². The van der Waals surface area contributed by atoms with Crippen molar-refractivity contribution in [3.63, 3.8) is 0 Å². The number of hydrogen-bond donors (Lipinski definition) is 2. The van der Waals surface area contributed by atoms with Crippen LogP contribution in [0.2, 0.25) is 0 Å². The zero-order valence-corrected chi connectivity index (χ0v) is 14.8. The molecule has 2 aromatic carbocycles. The van der Waals surface area contributed by atoms with Crippen molar-refractivity contribution in [3.05, 3.63) is 76.6 Å². The van der Waals surface area contributed by atoms with Crippen LogP contribution < -0.4 is 10.9 Å². The van der Waals surface area contributed by atoms with E-state index in [-0.39, 0.29) is 23.8 Å². The van der Waals surface area contributed by atoms with Crippen LogP contribution in [-0.2, 0) is 4.79 Å². The maximum absolute atomic E-state index is 12.7. The number of fused-ring (bicyclic) bond motifs is 2. The third-order valence-electron chi connectivity index (χ3n) is 4.44. The Morgan fingerprint density at radius 1 is 1.19 bits per heavy atom. The Hall–Kier alpha value is -2.86. The van der Waals surface area contributed by atoms with Gasteiger partial charge in [0.05, 0.1) is 5.56 Å². The lowest BCUT2D eigenvalue weighted by Gasteiger charge is -2.24. The highest BCUT2D eigenvalue weighted by Crippen LogP contribution is 2.35. The van der Waals surface area contributed by atoms with Gasteiger partial charge >= 0.3 is 0 Å². The number of aromatic amines is 1. The summed E-state index contributed by atoms with van der Waals surface area (Å²) in [6.07, 6.45) is 1.97. The number of aromatic nitrogens is 2. The number of benzene rings is 2. The van der Waals surface area contributed by atoms with Gasteiger partial charge in [-0.3, -0.25) is 9.59 Å². The first-order valence-corrected chi connectivity index (χ1v) is 9.30. The third kappa shape index (κ3) is 3.04. The lowest BCUT2D eigenvalue weighted by atomic mass is 9.86. The zero-order chi connectivity index (χ0) is 18.1. The number of anilines is 1. The fourth-order valence-electron chi connectivity index (χ4n) is 3.27. The molecule has 6 heteroatoms. The number of thioether (sulfide) groups is 1. The van der Waals surface area contributed by atoms with Crippen LogP contribution in [0.3, 0.4) is 0 Å². The van der Waals surface area contributed by atoms with Crippen molar-refractivity contribution in [2.45, 2.75) is 17.5 Å². The molecule has 0 bridgehead atoms. The number of nitrogens with one attached hydrogen (secondary N) is 2. The SMILES string of the molecule is C=CCSc1nc2c(c(=O)[nH]1)[C@@H](c1ccc3ccccc3c1)CC(=O)N2. The quantitative estimate of drug-likeness (QED) is 0.421. The number of carbonyl (C=O) groups is 1. The predicted octanol–water partition coefficient (Wildman–Crippen LogP) is 3.68. The number of nitrogens with zero attached hydrogens (tertiary/aromatic N) is 1. The number of hydrogen-bond acceptors (Lipinski definition) is 4. The monoisotopic (exact) mass is 363 g/mol. The zero-order valence-electron chi connectivity index (χ0n) is 14.0.